The molecule has 0 saturated carbocycles. The minimum Gasteiger partial charge on any atom is -0.330 e. The molecule has 0 atom stereocenters. The molecule has 0 aliphatic carbocycles. The van der Waals surface area contributed by atoms with E-state index in [0.29, 0.717) is 11.6 Å². The molecule has 0 unspecified atom stereocenters. The molecule has 4 nitrogen and oxygen atoms in total. The van der Waals surface area contributed by atoms with Gasteiger partial charge in [0.2, 0.25) is 0 Å². The lowest BCUT2D eigenvalue weighted by atomic mass is 10.2. The van der Waals surface area contributed by atoms with Crippen molar-refractivity contribution in [2.75, 3.05) is 6.54 Å². The summed E-state index contributed by atoms with van der Waals surface area (Å²) in [5, 5.41) is 8.93. The minimum atomic E-state index is 0.674. The number of hydrogen-bond acceptors (Lipinski definition) is 3. The molecule has 18 heavy (non-hydrogen) atoms. The maximum Gasteiger partial charge on any atom is 0.0831 e. The van der Waals surface area contributed by atoms with Gasteiger partial charge in [0, 0.05) is 9.50 Å². The number of benzene rings is 1. The normalized spacial score (nSPS) is 10.8. The van der Waals surface area contributed by atoms with E-state index < -0.39 is 0 Å². The Labute approximate surface area is 119 Å². The highest BCUT2D eigenvalue weighted by molar-refractivity contribution is 9.10. The van der Waals surface area contributed by atoms with E-state index in [-0.39, 0.29) is 0 Å². The molecule has 0 saturated heterocycles. The van der Waals surface area contributed by atoms with Crippen LogP contribution in [0, 0.1) is 0 Å². The second-order valence-electron chi connectivity index (χ2n) is 4.00. The Kier molecular flexibility index (Phi) is 4.74. The van der Waals surface area contributed by atoms with Gasteiger partial charge in [-0.3, -0.25) is 0 Å². The average molecular weight is 330 g/mol. The zero-order valence-electron chi connectivity index (χ0n) is 9.81. The van der Waals surface area contributed by atoms with Crippen molar-refractivity contribution in [3.05, 3.63) is 39.6 Å². The van der Waals surface area contributed by atoms with Crippen LogP contribution in [0.25, 0.3) is 5.69 Å². The first-order chi connectivity index (χ1) is 8.70. The number of rotatable bonds is 5. The molecule has 2 aromatic rings. The third-order valence-electron chi connectivity index (χ3n) is 2.58. The van der Waals surface area contributed by atoms with Gasteiger partial charge in [0.15, 0.2) is 0 Å². The van der Waals surface area contributed by atoms with Gasteiger partial charge < -0.3 is 5.73 Å². The monoisotopic (exact) mass is 328 g/mol. The summed E-state index contributed by atoms with van der Waals surface area (Å²) in [6.07, 6.45) is 4.86. The van der Waals surface area contributed by atoms with Crippen LogP contribution < -0.4 is 5.73 Å². The molecular weight excluding hydrogens is 316 g/mol. The van der Waals surface area contributed by atoms with Crippen LogP contribution in [-0.2, 0) is 6.42 Å². The largest absolute Gasteiger partial charge is 0.330 e. The SMILES string of the molecule is NCCCCc1cn(-c2cc(Cl)ccc2Br)nn1. The van der Waals surface area contributed by atoms with Gasteiger partial charge in [-0.1, -0.05) is 16.8 Å². The Balaban J connectivity index is 2.16. The first kappa shape index (κ1) is 13.5. The Hall–Kier alpha value is -0.910. The van der Waals surface area contributed by atoms with E-state index in [1.807, 2.05) is 24.4 Å². The van der Waals surface area contributed by atoms with Crippen LogP contribution in [0.4, 0.5) is 0 Å². The van der Waals surface area contributed by atoms with Gasteiger partial charge in [-0.2, -0.15) is 0 Å². The van der Waals surface area contributed by atoms with Crippen LogP contribution in [0.15, 0.2) is 28.9 Å². The molecule has 6 heteroatoms. The van der Waals surface area contributed by atoms with Gasteiger partial charge in [0.1, 0.15) is 0 Å². The summed E-state index contributed by atoms with van der Waals surface area (Å²) in [5.74, 6) is 0. The zero-order valence-corrected chi connectivity index (χ0v) is 12.2. The number of unbranched alkanes of at least 4 members (excludes halogenated alkanes) is 1. The van der Waals surface area contributed by atoms with Gasteiger partial charge in [-0.05, 0) is 59.9 Å². The molecule has 0 aliphatic heterocycles. The maximum atomic E-state index is 5.98. The Bertz CT molecular complexity index is 527. The summed E-state index contributed by atoms with van der Waals surface area (Å²) < 4.78 is 2.67. The molecule has 1 aromatic carbocycles. The molecule has 0 spiro atoms. The molecular formula is C12H14BrClN4. The van der Waals surface area contributed by atoms with Crippen molar-refractivity contribution < 1.29 is 0 Å². The number of halogens is 2. The molecule has 0 fully saturated rings. The van der Waals surface area contributed by atoms with E-state index >= 15 is 0 Å². The standard InChI is InChI=1S/C12H14BrClN4/c13-11-5-4-9(14)7-12(11)18-8-10(16-17-18)3-1-2-6-15/h4-5,7-8H,1-3,6,15H2. The molecule has 0 aliphatic rings. The summed E-state index contributed by atoms with van der Waals surface area (Å²) in [6, 6.07) is 5.58. The first-order valence-electron chi connectivity index (χ1n) is 5.77. The van der Waals surface area contributed by atoms with Gasteiger partial charge in [0.25, 0.3) is 0 Å². The predicted molar refractivity (Wildman–Crippen MR) is 76.1 cm³/mol. The topological polar surface area (TPSA) is 56.7 Å². The lowest BCUT2D eigenvalue weighted by Crippen LogP contribution is -1.99. The van der Waals surface area contributed by atoms with Crippen molar-refractivity contribution in [1.82, 2.24) is 15.0 Å². The van der Waals surface area contributed by atoms with Crippen LogP contribution >= 0.6 is 27.5 Å². The van der Waals surface area contributed by atoms with Crippen molar-refractivity contribution in [1.29, 1.82) is 0 Å². The zero-order chi connectivity index (χ0) is 13.0. The quantitative estimate of drug-likeness (QED) is 0.858. The van der Waals surface area contributed by atoms with Gasteiger partial charge in [-0.25, -0.2) is 4.68 Å². The van der Waals surface area contributed by atoms with Gasteiger partial charge in [0.05, 0.1) is 17.6 Å². The summed E-state index contributed by atoms with van der Waals surface area (Å²) in [6.45, 7) is 0.716. The highest BCUT2D eigenvalue weighted by atomic mass is 79.9. The smallest absolute Gasteiger partial charge is 0.0831 e. The summed E-state index contributed by atoms with van der Waals surface area (Å²) in [4.78, 5) is 0. The van der Waals surface area contributed by atoms with Crippen LogP contribution in [-0.4, -0.2) is 21.5 Å². The van der Waals surface area contributed by atoms with E-state index in [1.165, 1.54) is 0 Å². The van der Waals surface area contributed by atoms with Gasteiger partial charge in [-0.15, -0.1) is 5.10 Å². The fraction of sp³-hybridized carbons (Fsp3) is 0.333. The molecule has 2 rings (SSSR count). The van der Waals surface area contributed by atoms with Crippen LogP contribution in [0.1, 0.15) is 18.5 Å². The maximum absolute atomic E-state index is 5.98. The fourth-order valence-electron chi connectivity index (χ4n) is 1.64. The molecule has 96 valence electrons. The average Bonchev–Trinajstić information content (AvgIpc) is 2.81. The highest BCUT2D eigenvalue weighted by Crippen LogP contribution is 2.24. The number of aryl methyl sites for hydroxylation is 1. The van der Waals surface area contributed by atoms with E-state index in [1.54, 1.807) is 4.68 Å². The lowest BCUT2D eigenvalue weighted by molar-refractivity contribution is 0.727. The second-order valence-corrected chi connectivity index (χ2v) is 5.29. The number of hydrogen-bond donors (Lipinski definition) is 1. The molecule has 0 radical (unpaired) electrons. The predicted octanol–water partition coefficient (Wildman–Crippen LogP) is 2.96. The van der Waals surface area contributed by atoms with Gasteiger partial charge >= 0.3 is 0 Å². The fourth-order valence-corrected chi connectivity index (χ4v) is 2.24. The Morgan fingerprint density at radius 1 is 1.33 bits per heavy atom. The Morgan fingerprint density at radius 2 is 2.17 bits per heavy atom. The first-order valence-corrected chi connectivity index (χ1v) is 6.94. The molecule has 1 aromatic heterocycles. The molecule has 2 N–H and O–H groups in total. The van der Waals surface area contributed by atoms with E-state index in [0.717, 1.165) is 35.1 Å². The molecule has 0 bridgehead atoms. The van der Waals surface area contributed by atoms with Crippen LogP contribution in [0.2, 0.25) is 5.02 Å². The third-order valence-corrected chi connectivity index (χ3v) is 3.49. The van der Waals surface area contributed by atoms with E-state index in [9.17, 15) is 0 Å². The minimum absolute atomic E-state index is 0.674. The van der Waals surface area contributed by atoms with Crippen molar-refractivity contribution in [3.8, 4) is 5.69 Å². The number of nitrogens with zero attached hydrogens (tertiary/aromatic N) is 3. The van der Waals surface area contributed by atoms with Crippen molar-refractivity contribution in [2.24, 2.45) is 5.73 Å². The number of nitrogens with two attached hydrogens (primary N) is 1. The summed E-state index contributed by atoms with van der Waals surface area (Å²) >= 11 is 9.46. The van der Waals surface area contributed by atoms with Crippen molar-refractivity contribution in [2.45, 2.75) is 19.3 Å². The van der Waals surface area contributed by atoms with Crippen molar-refractivity contribution in [3.63, 3.8) is 0 Å². The van der Waals surface area contributed by atoms with E-state index in [2.05, 4.69) is 26.2 Å². The summed E-state index contributed by atoms with van der Waals surface area (Å²) in [7, 11) is 0. The highest BCUT2D eigenvalue weighted by Gasteiger charge is 2.07. The van der Waals surface area contributed by atoms with E-state index in [4.69, 9.17) is 17.3 Å². The summed E-state index contributed by atoms with van der Waals surface area (Å²) in [5.41, 5.74) is 7.32. The Morgan fingerprint density at radius 3 is 2.94 bits per heavy atom. The van der Waals surface area contributed by atoms with Crippen LogP contribution in [0.3, 0.4) is 0 Å². The number of aromatic nitrogens is 3. The molecule has 1 heterocycles. The third kappa shape index (κ3) is 3.31. The lowest BCUT2D eigenvalue weighted by Gasteiger charge is -2.03. The second kappa shape index (κ2) is 6.31. The molecule has 0 amide bonds. The van der Waals surface area contributed by atoms with Crippen LogP contribution in [0.5, 0.6) is 0 Å². The van der Waals surface area contributed by atoms with Crippen molar-refractivity contribution >= 4 is 27.5 Å².